The largest absolute Gasteiger partial charge is 0.396 e. The van der Waals surface area contributed by atoms with Crippen molar-refractivity contribution >= 4 is 0 Å². The molecule has 2 atom stereocenters. The lowest BCUT2D eigenvalue weighted by atomic mass is 10.0. The second-order valence-corrected chi connectivity index (χ2v) is 9.94. The summed E-state index contributed by atoms with van der Waals surface area (Å²) in [6.45, 7) is 6.69. The predicted octanol–water partition coefficient (Wildman–Crippen LogP) is 7.46. The van der Waals surface area contributed by atoms with E-state index in [4.69, 9.17) is 19.3 Å². The Morgan fingerprint density at radius 3 is 1.62 bits per heavy atom. The van der Waals surface area contributed by atoms with Gasteiger partial charge in [-0.15, -0.1) is 0 Å². The smallest absolute Gasteiger partial charge is 0.0813 e. The molecule has 0 aromatic rings. The van der Waals surface area contributed by atoms with Gasteiger partial charge in [0.15, 0.2) is 0 Å². The van der Waals surface area contributed by atoms with Crippen molar-refractivity contribution in [3.05, 3.63) is 0 Å². The van der Waals surface area contributed by atoms with Gasteiger partial charge in [-0.1, -0.05) is 103 Å². The molecule has 0 aromatic heterocycles. The Morgan fingerprint density at radius 2 is 1.09 bits per heavy atom. The molecule has 0 spiro atoms. The molecule has 192 valence electrons. The van der Waals surface area contributed by atoms with Crippen molar-refractivity contribution in [2.75, 3.05) is 39.6 Å². The van der Waals surface area contributed by atoms with Gasteiger partial charge in [0.05, 0.1) is 25.9 Å². The van der Waals surface area contributed by atoms with E-state index in [9.17, 15) is 0 Å². The zero-order valence-electron chi connectivity index (χ0n) is 21.5. The van der Waals surface area contributed by atoms with Crippen LogP contribution in [0.15, 0.2) is 0 Å². The minimum absolute atomic E-state index is 0.264. The van der Waals surface area contributed by atoms with E-state index < -0.39 is 0 Å². The van der Waals surface area contributed by atoms with Crippen molar-refractivity contribution < 1.29 is 19.3 Å². The van der Waals surface area contributed by atoms with Gasteiger partial charge in [-0.2, -0.15) is 0 Å². The Morgan fingerprint density at radius 1 is 0.625 bits per heavy atom. The Labute approximate surface area is 200 Å². The molecule has 0 saturated carbocycles. The Balaban J connectivity index is 1.74. The summed E-state index contributed by atoms with van der Waals surface area (Å²) in [5.74, 6) is 0.530. The minimum Gasteiger partial charge on any atom is -0.396 e. The second kappa shape index (κ2) is 24.0. The standard InChI is InChI=1S/C28H56O4/c1-2-3-4-5-6-7-8-9-10-11-12-13-15-18-22-31-26-28-23-27(25-32-28)24-30-21-19-16-14-17-20-29/h27-29H,2-26H2,1H3/t27-,28-/m0/s1. The molecule has 0 aliphatic carbocycles. The summed E-state index contributed by atoms with van der Waals surface area (Å²) in [4.78, 5) is 0. The number of rotatable bonds is 25. The summed E-state index contributed by atoms with van der Waals surface area (Å²) >= 11 is 0. The van der Waals surface area contributed by atoms with Crippen molar-refractivity contribution in [1.29, 1.82) is 0 Å². The average Bonchev–Trinajstić information content (AvgIpc) is 3.26. The van der Waals surface area contributed by atoms with Crippen LogP contribution in [-0.2, 0) is 14.2 Å². The van der Waals surface area contributed by atoms with Crippen LogP contribution in [0.5, 0.6) is 0 Å². The van der Waals surface area contributed by atoms with Crippen molar-refractivity contribution in [1.82, 2.24) is 0 Å². The first-order valence-electron chi connectivity index (χ1n) is 14.2. The van der Waals surface area contributed by atoms with E-state index in [-0.39, 0.29) is 6.10 Å². The summed E-state index contributed by atoms with van der Waals surface area (Å²) in [7, 11) is 0. The molecule has 0 bridgehead atoms. The Bertz CT molecular complexity index is 363. The van der Waals surface area contributed by atoms with Crippen molar-refractivity contribution in [2.24, 2.45) is 5.92 Å². The third-order valence-corrected chi connectivity index (χ3v) is 6.66. The molecule has 0 unspecified atom stereocenters. The van der Waals surface area contributed by atoms with Crippen molar-refractivity contribution in [2.45, 2.75) is 135 Å². The highest BCUT2D eigenvalue weighted by Crippen LogP contribution is 2.20. The Kier molecular flexibility index (Phi) is 22.4. The highest BCUT2D eigenvalue weighted by Gasteiger charge is 2.25. The molecule has 4 heteroatoms. The monoisotopic (exact) mass is 456 g/mol. The molecule has 32 heavy (non-hydrogen) atoms. The number of unbranched alkanes of at least 4 members (excludes halogenated alkanes) is 16. The molecule has 1 fully saturated rings. The van der Waals surface area contributed by atoms with Gasteiger partial charge in [-0.3, -0.25) is 0 Å². The number of aliphatic hydroxyl groups excluding tert-OH is 1. The van der Waals surface area contributed by atoms with Crippen LogP contribution in [0.2, 0.25) is 0 Å². The molecule has 4 nitrogen and oxygen atoms in total. The number of hydrogen-bond acceptors (Lipinski definition) is 4. The van der Waals surface area contributed by atoms with Crippen LogP contribution < -0.4 is 0 Å². The van der Waals surface area contributed by atoms with E-state index in [2.05, 4.69) is 6.92 Å². The first-order chi connectivity index (χ1) is 15.9. The molecule has 1 saturated heterocycles. The fourth-order valence-electron chi connectivity index (χ4n) is 4.55. The maximum Gasteiger partial charge on any atom is 0.0813 e. The molecule has 0 amide bonds. The third-order valence-electron chi connectivity index (χ3n) is 6.66. The summed E-state index contributed by atoms with van der Waals surface area (Å²) in [5, 5.41) is 8.77. The predicted molar refractivity (Wildman–Crippen MR) is 135 cm³/mol. The van der Waals surface area contributed by atoms with E-state index >= 15 is 0 Å². The molecule has 1 N–H and O–H groups in total. The lowest BCUT2D eigenvalue weighted by Crippen LogP contribution is -2.15. The van der Waals surface area contributed by atoms with Gasteiger partial charge >= 0.3 is 0 Å². The maximum absolute atomic E-state index is 8.77. The fraction of sp³-hybridized carbons (Fsp3) is 1.00. The zero-order valence-corrected chi connectivity index (χ0v) is 21.5. The molecule has 1 heterocycles. The van der Waals surface area contributed by atoms with Gasteiger partial charge in [-0.25, -0.2) is 0 Å². The summed E-state index contributed by atoms with van der Waals surface area (Å²) in [6, 6.07) is 0. The topological polar surface area (TPSA) is 47.9 Å². The maximum atomic E-state index is 8.77. The molecular formula is C28H56O4. The van der Waals surface area contributed by atoms with E-state index in [1.165, 1.54) is 89.9 Å². The highest BCUT2D eigenvalue weighted by molar-refractivity contribution is 4.73. The Hall–Kier alpha value is -0.160. The number of aliphatic hydroxyl groups is 1. The molecule has 0 aromatic carbocycles. The zero-order chi connectivity index (χ0) is 23.0. The van der Waals surface area contributed by atoms with E-state index in [0.717, 1.165) is 65.1 Å². The average molecular weight is 457 g/mol. The molecule has 1 aliphatic heterocycles. The van der Waals surface area contributed by atoms with Gasteiger partial charge in [0.25, 0.3) is 0 Å². The van der Waals surface area contributed by atoms with E-state index in [0.29, 0.717) is 12.5 Å². The van der Waals surface area contributed by atoms with Crippen LogP contribution >= 0.6 is 0 Å². The van der Waals surface area contributed by atoms with Crippen LogP contribution in [0.3, 0.4) is 0 Å². The third kappa shape index (κ3) is 19.3. The van der Waals surface area contributed by atoms with Gasteiger partial charge in [0, 0.05) is 25.7 Å². The SMILES string of the molecule is CCCCCCCCCCCCCCCCOC[C@@H]1C[C@@H](COCCCCCCO)CO1. The quantitative estimate of drug-likeness (QED) is 0.145. The minimum atomic E-state index is 0.264. The van der Waals surface area contributed by atoms with Crippen LogP contribution in [0.25, 0.3) is 0 Å². The fourth-order valence-corrected chi connectivity index (χ4v) is 4.55. The van der Waals surface area contributed by atoms with Crippen LogP contribution in [0.1, 0.15) is 129 Å². The molecule has 1 aliphatic rings. The summed E-state index contributed by atoms with van der Waals surface area (Å²) in [6.07, 6.45) is 25.1. The molecular weight excluding hydrogens is 400 g/mol. The van der Waals surface area contributed by atoms with E-state index in [1.807, 2.05) is 0 Å². The first kappa shape index (κ1) is 29.9. The van der Waals surface area contributed by atoms with Gasteiger partial charge < -0.3 is 19.3 Å². The lowest BCUT2D eigenvalue weighted by molar-refractivity contribution is 0.0141. The van der Waals surface area contributed by atoms with E-state index in [1.54, 1.807) is 0 Å². The first-order valence-corrected chi connectivity index (χ1v) is 14.2. The highest BCUT2D eigenvalue weighted by atomic mass is 16.5. The second-order valence-electron chi connectivity index (χ2n) is 9.94. The number of hydrogen-bond donors (Lipinski definition) is 1. The van der Waals surface area contributed by atoms with Gasteiger partial charge in [-0.05, 0) is 25.7 Å². The van der Waals surface area contributed by atoms with Crippen molar-refractivity contribution in [3.63, 3.8) is 0 Å². The van der Waals surface area contributed by atoms with Crippen LogP contribution in [0, 0.1) is 5.92 Å². The summed E-state index contributed by atoms with van der Waals surface area (Å²) < 4.78 is 17.5. The normalized spacial score (nSPS) is 18.6. The van der Waals surface area contributed by atoms with Crippen LogP contribution in [0.4, 0.5) is 0 Å². The van der Waals surface area contributed by atoms with Gasteiger partial charge in [0.2, 0.25) is 0 Å². The molecule has 1 rings (SSSR count). The number of ether oxygens (including phenoxy) is 3. The lowest BCUT2D eigenvalue weighted by Gasteiger charge is -2.11. The molecule has 0 radical (unpaired) electrons. The van der Waals surface area contributed by atoms with Gasteiger partial charge in [0.1, 0.15) is 0 Å². The summed E-state index contributed by atoms with van der Waals surface area (Å²) in [5.41, 5.74) is 0. The van der Waals surface area contributed by atoms with Crippen LogP contribution in [-0.4, -0.2) is 50.9 Å². The van der Waals surface area contributed by atoms with Crippen molar-refractivity contribution in [3.8, 4) is 0 Å².